The van der Waals surface area contributed by atoms with Crippen LogP contribution in [0.5, 0.6) is 11.5 Å². The van der Waals surface area contributed by atoms with Crippen molar-refractivity contribution in [3.63, 3.8) is 0 Å². The van der Waals surface area contributed by atoms with Crippen LogP contribution in [0.2, 0.25) is 0 Å². The van der Waals surface area contributed by atoms with E-state index in [9.17, 15) is 5.11 Å². The molecule has 0 unspecified atom stereocenters. The molecule has 3 aromatic rings. The van der Waals surface area contributed by atoms with Crippen molar-refractivity contribution in [3.05, 3.63) is 35.4 Å². The lowest BCUT2D eigenvalue weighted by Crippen LogP contribution is -1.92. The number of aromatic nitrogens is 1. The molecule has 0 fully saturated rings. The molecule has 92 valence electrons. The van der Waals surface area contributed by atoms with Crippen molar-refractivity contribution in [1.82, 2.24) is 4.98 Å². The maximum absolute atomic E-state index is 10.3. The van der Waals surface area contributed by atoms with Gasteiger partial charge in [0.25, 0.3) is 0 Å². The lowest BCUT2D eigenvalue weighted by molar-refractivity contribution is 0.373. The number of fused-ring (bicyclic) bond motifs is 3. The fourth-order valence-electron chi connectivity index (χ4n) is 2.61. The number of aromatic hydroxyl groups is 1. The summed E-state index contributed by atoms with van der Waals surface area (Å²) >= 11 is 0. The number of aryl methyl sites for hydroxylation is 1. The van der Waals surface area contributed by atoms with Crippen LogP contribution in [0.1, 0.15) is 11.1 Å². The zero-order valence-corrected chi connectivity index (χ0v) is 10.7. The third-order valence-corrected chi connectivity index (χ3v) is 3.64. The Balaban J connectivity index is 2.61. The number of rotatable bonds is 1. The van der Waals surface area contributed by atoms with E-state index >= 15 is 0 Å². The fraction of sp³-hybridized carbons (Fsp3) is 0.200. The normalized spacial score (nSPS) is 11.3. The van der Waals surface area contributed by atoms with E-state index in [2.05, 4.69) is 18.0 Å². The maximum Gasteiger partial charge on any atom is 0.182 e. The lowest BCUT2D eigenvalue weighted by atomic mass is 10.0. The molecule has 0 aliphatic rings. The monoisotopic (exact) mass is 241 g/mol. The number of hydrogen-bond donors (Lipinski definition) is 2. The van der Waals surface area contributed by atoms with Gasteiger partial charge in [-0.15, -0.1) is 0 Å². The van der Waals surface area contributed by atoms with Gasteiger partial charge >= 0.3 is 0 Å². The molecule has 0 aliphatic heterocycles. The Morgan fingerprint density at radius 1 is 1.11 bits per heavy atom. The molecule has 0 amide bonds. The van der Waals surface area contributed by atoms with Gasteiger partial charge in [-0.25, -0.2) is 0 Å². The van der Waals surface area contributed by atoms with Crippen molar-refractivity contribution < 1.29 is 9.84 Å². The molecular weight excluding hydrogens is 226 g/mol. The van der Waals surface area contributed by atoms with Gasteiger partial charge in [0, 0.05) is 16.3 Å². The molecule has 3 nitrogen and oxygen atoms in total. The summed E-state index contributed by atoms with van der Waals surface area (Å²) in [6, 6.07) is 8.06. The van der Waals surface area contributed by atoms with Crippen LogP contribution in [0.15, 0.2) is 24.3 Å². The summed E-state index contributed by atoms with van der Waals surface area (Å²) in [5.74, 6) is 0.735. The second-order valence-corrected chi connectivity index (χ2v) is 4.55. The Hall–Kier alpha value is -2.16. The molecule has 0 atom stereocenters. The van der Waals surface area contributed by atoms with Gasteiger partial charge in [0.05, 0.1) is 12.6 Å². The average molecular weight is 241 g/mol. The molecule has 3 heteroatoms. The highest BCUT2D eigenvalue weighted by molar-refractivity contribution is 6.12. The minimum atomic E-state index is 0.187. The molecule has 3 rings (SSSR count). The molecule has 1 heterocycles. The van der Waals surface area contributed by atoms with Crippen LogP contribution < -0.4 is 4.74 Å². The summed E-state index contributed by atoms with van der Waals surface area (Å²) in [7, 11) is 1.58. The van der Waals surface area contributed by atoms with E-state index in [4.69, 9.17) is 4.74 Å². The summed E-state index contributed by atoms with van der Waals surface area (Å²) < 4.78 is 5.29. The number of nitrogens with one attached hydrogen (secondary N) is 1. The minimum absolute atomic E-state index is 0.187. The van der Waals surface area contributed by atoms with Crippen molar-refractivity contribution in [3.8, 4) is 11.5 Å². The van der Waals surface area contributed by atoms with Crippen LogP contribution in [0.3, 0.4) is 0 Å². The molecule has 1 aromatic heterocycles. The van der Waals surface area contributed by atoms with E-state index < -0.39 is 0 Å². The average Bonchev–Trinajstić information content (AvgIpc) is 2.76. The molecule has 2 aromatic carbocycles. The number of para-hydroxylation sites is 1. The summed E-state index contributed by atoms with van der Waals surface area (Å²) in [4.78, 5) is 3.26. The van der Waals surface area contributed by atoms with Gasteiger partial charge in [0.1, 0.15) is 0 Å². The lowest BCUT2D eigenvalue weighted by Gasteiger charge is -2.11. The Morgan fingerprint density at radius 3 is 2.56 bits per heavy atom. The van der Waals surface area contributed by atoms with Gasteiger partial charge < -0.3 is 14.8 Å². The second kappa shape index (κ2) is 3.67. The number of phenols is 1. The van der Waals surface area contributed by atoms with E-state index in [-0.39, 0.29) is 5.75 Å². The number of aromatic amines is 1. The van der Waals surface area contributed by atoms with Crippen molar-refractivity contribution in [2.45, 2.75) is 13.8 Å². The Kier molecular flexibility index (Phi) is 2.23. The van der Waals surface area contributed by atoms with E-state index in [1.807, 2.05) is 25.1 Å². The summed E-state index contributed by atoms with van der Waals surface area (Å²) in [5.41, 5.74) is 3.89. The second-order valence-electron chi connectivity index (χ2n) is 4.55. The highest BCUT2D eigenvalue weighted by atomic mass is 16.5. The maximum atomic E-state index is 10.3. The van der Waals surface area contributed by atoms with E-state index in [0.29, 0.717) is 5.75 Å². The number of methoxy groups -OCH3 is 1. The number of phenolic OH excluding ortho intramolecular Hbond substituents is 1. The molecule has 2 N–H and O–H groups in total. The molecule has 0 saturated carbocycles. The quantitative estimate of drug-likeness (QED) is 0.683. The SMILES string of the molecule is COc1c(C)c(C)c2c([nH]c3ccccc32)c1O. The van der Waals surface area contributed by atoms with Crippen LogP contribution in [0.25, 0.3) is 21.8 Å². The standard InChI is InChI=1S/C15H15NO2/c1-8-9(2)15(18-3)14(17)13-12(8)10-6-4-5-7-11(10)16-13/h4-7,16-17H,1-3H3. The third-order valence-electron chi connectivity index (χ3n) is 3.64. The molecule has 0 bridgehead atoms. The van der Waals surface area contributed by atoms with E-state index in [1.165, 1.54) is 0 Å². The van der Waals surface area contributed by atoms with Gasteiger partial charge in [0.2, 0.25) is 0 Å². The largest absolute Gasteiger partial charge is 0.503 e. The highest BCUT2D eigenvalue weighted by Gasteiger charge is 2.18. The minimum Gasteiger partial charge on any atom is -0.503 e. The van der Waals surface area contributed by atoms with E-state index in [0.717, 1.165) is 32.9 Å². The molecule has 0 aliphatic carbocycles. The summed E-state index contributed by atoms with van der Waals surface area (Å²) in [6.45, 7) is 4.02. The van der Waals surface area contributed by atoms with Gasteiger partial charge in [-0.2, -0.15) is 0 Å². The first-order valence-electron chi connectivity index (χ1n) is 5.91. The molecule has 18 heavy (non-hydrogen) atoms. The topological polar surface area (TPSA) is 45.2 Å². The zero-order chi connectivity index (χ0) is 12.9. The summed E-state index contributed by atoms with van der Waals surface area (Å²) in [5, 5.41) is 12.5. The van der Waals surface area contributed by atoms with Crippen LogP contribution in [-0.4, -0.2) is 17.2 Å². The Bertz CT molecular complexity index is 756. The van der Waals surface area contributed by atoms with Crippen LogP contribution >= 0.6 is 0 Å². The van der Waals surface area contributed by atoms with Crippen LogP contribution in [0.4, 0.5) is 0 Å². The van der Waals surface area contributed by atoms with Gasteiger partial charge in [0.15, 0.2) is 11.5 Å². The predicted octanol–water partition coefficient (Wildman–Crippen LogP) is 3.65. The smallest absolute Gasteiger partial charge is 0.182 e. The molecular formula is C15H15NO2. The van der Waals surface area contributed by atoms with Gasteiger partial charge in [-0.05, 0) is 31.0 Å². The fourth-order valence-corrected chi connectivity index (χ4v) is 2.61. The van der Waals surface area contributed by atoms with Crippen molar-refractivity contribution in [2.24, 2.45) is 0 Å². The molecule has 0 saturated heterocycles. The number of hydrogen-bond acceptors (Lipinski definition) is 2. The van der Waals surface area contributed by atoms with E-state index in [1.54, 1.807) is 7.11 Å². The predicted molar refractivity (Wildman–Crippen MR) is 73.5 cm³/mol. The first kappa shape index (κ1) is 11.0. The van der Waals surface area contributed by atoms with Gasteiger partial charge in [-0.1, -0.05) is 18.2 Å². The highest BCUT2D eigenvalue weighted by Crippen LogP contribution is 2.42. The van der Waals surface area contributed by atoms with Gasteiger partial charge in [-0.3, -0.25) is 0 Å². The number of ether oxygens (including phenoxy) is 1. The van der Waals surface area contributed by atoms with Crippen molar-refractivity contribution in [1.29, 1.82) is 0 Å². The van der Waals surface area contributed by atoms with Crippen LogP contribution in [-0.2, 0) is 0 Å². The first-order valence-corrected chi connectivity index (χ1v) is 5.91. The number of H-pyrrole nitrogens is 1. The number of benzene rings is 2. The Labute approximate surface area is 105 Å². The van der Waals surface area contributed by atoms with Crippen molar-refractivity contribution in [2.75, 3.05) is 7.11 Å². The zero-order valence-electron chi connectivity index (χ0n) is 10.7. The molecule has 0 spiro atoms. The summed E-state index contributed by atoms with van der Waals surface area (Å²) in [6.07, 6.45) is 0. The molecule has 0 radical (unpaired) electrons. The van der Waals surface area contributed by atoms with Crippen molar-refractivity contribution >= 4 is 21.8 Å². The Morgan fingerprint density at radius 2 is 1.83 bits per heavy atom. The van der Waals surface area contributed by atoms with Crippen LogP contribution in [0, 0.1) is 13.8 Å². The third kappa shape index (κ3) is 1.24. The first-order chi connectivity index (χ1) is 8.65.